The van der Waals surface area contributed by atoms with Crippen molar-refractivity contribution in [3.05, 3.63) is 65.5 Å². The van der Waals surface area contributed by atoms with Crippen molar-refractivity contribution in [1.82, 2.24) is 15.2 Å². The van der Waals surface area contributed by atoms with Crippen molar-refractivity contribution in [2.75, 3.05) is 13.1 Å². The topological polar surface area (TPSA) is 86.2 Å². The van der Waals surface area contributed by atoms with Crippen molar-refractivity contribution in [2.45, 2.75) is 32.2 Å². The maximum Gasteiger partial charge on any atom is 0.272 e. The van der Waals surface area contributed by atoms with Crippen LogP contribution < -0.4 is 5.32 Å². The fourth-order valence-electron chi connectivity index (χ4n) is 3.54. The quantitative estimate of drug-likeness (QED) is 0.757. The smallest absolute Gasteiger partial charge is 0.272 e. The fraction of sp³-hybridized carbons (Fsp3) is 0.364. The summed E-state index contributed by atoms with van der Waals surface area (Å²) >= 11 is 0. The highest BCUT2D eigenvalue weighted by atomic mass is 16.2. The molecule has 2 N–H and O–H groups in total. The molecule has 1 aromatic carbocycles. The summed E-state index contributed by atoms with van der Waals surface area (Å²) in [5, 5.41) is 10.5. The van der Waals surface area contributed by atoms with Gasteiger partial charge in [-0.25, -0.2) is 4.98 Å². The highest BCUT2D eigenvalue weighted by molar-refractivity contribution is 5.92. The van der Waals surface area contributed by atoms with Crippen molar-refractivity contribution in [3.8, 4) is 0 Å². The van der Waals surface area contributed by atoms with Gasteiger partial charge in [0, 0.05) is 31.1 Å². The number of aryl methyl sites for hydroxylation is 1. The molecule has 1 aliphatic rings. The number of hydrogen-bond acceptors (Lipinski definition) is 4. The Labute approximate surface area is 165 Å². The minimum Gasteiger partial charge on any atom is -0.349 e. The number of aromatic nitrogens is 1. The van der Waals surface area contributed by atoms with Crippen LogP contribution in [0.5, 0.6) is 0 Å². The average Bonchev–Trinajstić information content (AvgIpc) is 2.73. The van der Waals surface area contributed by atoms with Gasteiger partial charge in [-0.05, 0) is 43.7 Å². The molecule has 6 heteroatoms. The summed E-state index contributed by atoms with van der Waals surface area (Å²) in [4.78, 5) is 31.4. The van der Waals surface area contributed by atoms with Crippen LogP contribution in [0.25, 0.3) is 0 Å². The number of nitrogens with one attached hydrogen (secondary N) is 2. The molecule has 2 amide bonds. The van der Waals surface area contributed by atoms with Gasteiger partial charge in [-0.2, -0.15) is 0 Å². The van der Waals surface area contributed by atoms with Gasteiger partial charge in [-0.15, -0.1) is 0 Å². The van der Waals surface area contributed by atoms with Gasteiger partial charge < -0.3 is 15.6 Å². The molecule has 0 radical (unpaired) electrons. The highest BCUT2D eigenvalue weighted by Crippen LogP contribution is 2.22. The first-order valence-corrected chi connectivity index (χ1v) is 9.65. The third-order valence-corrected chi connectivity index (χ3v) is 5.13. The monoisotopic (exact) mass is 378 g/mol. The molecule has 28 heavy (non-hydrogen) atoms. The van der Waals surface area contributed by atoms with E-state index in [-0.39, 0.29) is 23.8 Å². The van der Waals surface area contributed by atoms with E-state index in [1.807, 2.05) is 49.4 Å². The van der Waals surface area contributed by atoms with Crippen LogP contribution in [0.1, 0.15) is 47.1 Å². The van der Waals surface area contributed by atoms with Gasteiger partial charge in [0.1, 0.15) is 5.69 Å². The fourth-order valence-corrected chi connectivity index (χ4v) is 3.54. The number of nitrogens with zero attached hydrogens (tertiary/aromatic N) is 2. The highest BCUT2D eigenvalue weighted by Gasteiger charge is 2.29. The Morgan fingerprint density at radius 2 is 1.89 bits per heavy atom. The zero-order valence-electron chi connectivity index (χ0n) is 16.1. The Morgan fingerprint density at radius 1 is 1.18 bits per heavy atom. The van der Waals surface area contributed by atoms with E-state index in [1.165, 1.54) is 6.21 Å². The molecule has 0 bridgehead atoms. The van der Waals surface area contributed by atoms with Gasteiger partial charge >= 0.3 is 0 Å². The average molecular weight is 378 g/mol. The number of hydrogen-bond donors (Lipinski definition) is 2. The predicted octanol–water partition coefficient (Wildman–Crippen LogP) is 3.14. The second-order valence-electron chi connectivity index (χ2n) is 7.14. The van der Waals surface area contributed by atoms with E-state index in [4.69, 9.17) is 5.41 Å². The maximum atomic E-state index is 12.7. The normalized spacial score (nSPS) is 15.7. The Morgan fingerprint density at radius 3 is 2.54 bits per heavy atom. The van der Waals surface area contributed by atoms with E-state index in [2.05, 4.69) is 10.3 Å². The van der Waals surface area contributed by atoms with E-state index < -0.39 is 0 Å². The van der Waals surface area contributed by atoms with Crippen molar-refractivity contribution >= 4 is 18.0 Å². The van der Waals surface area contributed by atoms with Crippen LogP contribution in [0.2, 0.25) is 0 Å². The van der Waals surface area contributed by atoms with E-state index in [0.717, 1.165) is 11.3 Å². The predicted molar refractivity (Wildman–Crippen MR) is 108 cm³/mol. The Bertz CT molecular complexity index is 829. The van der Waals surface area contributed by atoms with Crippen LogP contribution >= 0.6 is 0 Å². The van der Waals surface area contributed by atoms with Gasteiger partial charge in [0.2, 0.25) is 5.91 Å². The minimum atomic E-state index is -0.192. The van der Waals surface area contributed by atoms with Crippen molar-refractivity contribution in [3.63, 3.8) is 0 Å². The number of benzene rings is 1. The minimum absolute atomic E-state index is 0.00326. The van der Waals surface area contributed by atoms with E-state index in [0.29, 0.717) is 38.0 Å². The number of piperidine rings is 1. The Kier molecular flexibility index (Phi) is 6.53. The summed E-state index contributed by atoms with van der Waals surface area (Å²) < 4.78 is 0. The molecule has 1 atom stereocenters. The van der Waals surface area contributed by atoms with Gasteiger partial charge in [0.15, 0.2) is 0 Å². The zero-order valence-corrected chi connectivity index (χ0v) is 16.1. The van der Waals surface area contributed by atoms with Crippen molar-refractivity contribution < 1.29 is 9.59 Å². The van der Waals surface area contributed by atoms with Crippen LogP contribution in [-0.4, -0.2) is 41.0 Å². The summed E-state index contributed by atoms with van der Waals surface area (Å²) in [5.74, 6) is -0.198. The van der Waals surface area contributed by atoms with Crippen LogP contribution in [0.15, 0.2) is 48.5 Å². The molecule has 0 aliphatic carbocycles. The van der Waals surface area contributed by atoms with Crippen LogP contribution in [0.3, 0.4) is 0 Å². The molecular formula is C22H26N4O2. The SMILES string of the molecule is Cc1cccc(C(=O)N2CCC(C(=O)NC(CC=N)c3ccccc3)CC2)n1. The lowest BCUT2D eigenvalue weighted by molar-refractivity contribution is -0.127. The Hall–Kier alpha value is -3.02. The molecule has 0 spiro atoms. The number of carbonyl (C=O) groups is 2. The zero-order chi connectivity index (χ0) is 19.9. The summed E-state index contributed by atoms with van der Waals surface area (Å²) in [5.41, 5.74) is 2.27. The molecule has 1 fully saturated rings. The van der Waals surface area contributed by atoms with E-state index >= 15 is 0 Å². The number of likely N-dealkylation sites (tertiary alicyclic amines) is 1. The van der Waals surface area contributed by atoms with Gasteiger partial charge in [0.25, 0.3) is 5.91 Å². The largest absolute Gasteiger partial charge is 0.349 e. The first kappa shape index (κ1) is 19.7. The van der Waals surface area contributed by atoms with Gasteiger partial charge in [-0.1, -0.05) is 36.4 Å². The lowest BCUT2D eigenvalue weighted by Gasteiger charge is -2.32. The second kappa shape index (κ2) is 9.26. The molecule has 1 aromatic heterocycles. The summed E-state index contributed by atoms with van der Waals surface area (Å²) in [6.07, 6.45) is 3.06. The first-order chi connectivity index (χ1) is 13.6. The molecule has 3 rings (SSSR count). The van der Waals surface area contributed by atoms with Crippen LogP contribution in [0.4, 0.5) is 0 Å². The van der Waals surface area contributed by atoms with Gasteiger partial charge in [0.05, 0.1) is 6.04 Å². The third-order valence-electron chi connectivity index (χ3n) is 5.13. The standard InChI is InChI=1S/C22H26N4O2/c1-16-6-5-9-20(24-16)22(28)26-14-11-18(12-15-26)21(27)25-19(10-13-23)17-7-3-2-4-8-17/h2-9,13,18-19,23H,10-12,14-15H2,1H3,(H,25,27). The second-order valence-corrected chi connectivity index (χ2v) is 7.14. The third kappa shape index (κ3) is 4.82. The van der Waals surface area contributed by atoms with E-state index in [9.17, 15) is 9.59 Å². The summed E-state index contributed by atoms with van der Waals surface area (Å²) in [6.45, 7) is 2.96. The summed E-state index contributed by atoms with van der Waals surface area (Å²) in [7, 11) is 0. The number of rotatable bonds is 6. The van der Waals surface area contributed by atoms with Crippen molar-refractivity contribution in [2.24, 2.45) is 5.92 Å². The Balaban J connectivity index is 1.57. The van der Waals surface area contributed by atoms with Crippen molar-refractivity contribution in [1.29, 1.82) is 5.41 Å². The molecule has 1 saturated heterocycles. The molecule has 2 heterocycles. The molecule has 2 aromatic rings. The van der Waals surface area contributed by atoms with Crippen LogP contribution in [0, 0.1) is 18.3 Å². The number of carbonyl (C=O) groups excluding carboxylic acids is 2. The number of amides is 2. The van der Waals surface area contributed by atoms with Crippen LogP contribution in [-0.2, 0) is 4.79 Å². The molecule has 1 aliphatic heterocycles. The molecule has 6 nitrogen and oxygen atoms in total. The lowest BCUT2D eigenvalue weighted by atomic mass is 9.94. The molecule has 1 unspecified atom stereocenters. The van der Waals surface area contributed by atoms with E-state index in [1.54, 1.807) is 11.0 Å². The lowest BCUT2D eigenvalue weighted by Crippen LogP contribution is -2.44. The van der Waals surface area contributed by atoms with Gasteiger partial charge in [-0.3, -0.25) is 9.59 Å². The first-order valence-electron chi connectivity index (χ1n) is 9.65. The number of pyridine rings is 1. The molecule has 146 valence electrons. The molecule has 0 saturated carbocycles. The molecular weight excluding hydrogens is 352 g/mol. The maximum absolute atomic E-state index is 12.7. The summed E-state index contributed by atoms with van der Waals surface area (Å²) in [6, 6.07) is 15.0.